The first kappa shape index (κ1) is 13.9. The fraction of sp³-hybridized carbons (Fsp3) is 0.222. The van der Waals surface area contributed by atoms with Crippen molar-refractivity contribution in [2.45, 2.75) is 11.4 Å². The van der Waals surface area contributed by atoms with E-state index in [1.54, 1.807) is 7.05 Å². The normalized spacial score (nSPS) is 11.5. The molecule has 0 aliphatic heterocycles. The number of nitrogens with one attached hydrogen (secondary N) is 2. The lowest BCUT2D eigenvalue weighted by molar-refractivity contribution is 0.409. The first-order valence-electron chi connectivity index (χ1n) is 5.11. The zero-order chi connectivity index (χ0) is 13.9. The molecule has 19 heavy (non-hydrogen) atoms. The summed E-state index contributed by atoms with van der Waals surface area (Å²) in [4.78, 5) is 7.74. The number of halogens is 1. The topological polar surface area (TPSA) is 110 Å². The third-order valence-electron chi connectivity index (χ3n) is 2.17. The van der Waals surface area contributed by atoms with Gasteiger partial charge in [-0.2, -0.15) is 4.98 Å². The van der Waals surface area contributed by atoms with Crippen molar-refractivity contribution >= 4 is 31.8 Å². The second-order valence-corrected chi connectivity index (χ2v) is 6.07. The van der Waals surface area contributed by atoms with Gasteiger partial charge in [-0.05, 0) is 22.0 Å². The fourth-order valence-corrected chi connectivity index (χ4v) is 2.97. The van der Waals surface area contributed by atoms with Crippen LogP contribution in [0.3, 0.4) is 0 Å². The number of aromatic nitrogens is 3. The molecule has 0 atom stereocenters. The number of hydrogen-bond donors (Lipinski definition) is 2. The minimum atomic E-state index is -3.73. The Balaban J connectivity index is 2.26. The quantitative estimate of drug-likeness (QED) is 0.820. The third kappa shape index (κ3) is 3.28. The smallest absolute Gasteiger partial charge is 0.244 e. The molecule has 2 N–H and O–H groups in total. The van der Waals surface area contributed by atoms with E-state index in [0.717, 1.165) is 6.39 Å². The van der Waals surface area contributed by atoms with E-state index in [1.807, 2.05) is 0 Å². The van der Waals surface area contributed by atoms with Crippen molar-refractivity contribution < 1.29 is 12.9 Å². The maximum atomic E-state index is 12.2. The molecule has 102 valence electrons. The average molecular weight is 348 g/mol. The second-order valence-electron chi connectivity index (χ2n) is 3.42. The summed E-state index contributed by atoms with van der Waals surface area (Å²) in [5, 5.41) is 6.24. The molecule has 0 bridgehead atoms. The molecule has 0 saturated carbocycles. The van der Waals surface area contributed by atoms with Crippen LogP contribution in [0.1, 0.15) is 5.82 Å². The van der Waals surface area contributed by atoms with E-state index >= 15 is 0 Å². The van der Waals surface area contributed by atoms with Crippen molar-refractivity contribution in [1.29, 1.82) is 0 Å². The summed E-state index contributed by atoms with van der Waals surface area (Å²) in [6.07, 6.45) is 2.63. The molecule has 0 aliphatic rings. The molecular formula is C9H10BrN5O3S. The highest BCUT2D eigenvalue weighted by Gasteiger charge is 2.20. The molecule has 0 aromatic carbocycles. The Morgan fingerprint density at radius 3 is 2.84 bits per heavy atom. The van der Waals surface area contributed by atoms with Gasteiger partial charge in [0.05, 0.1) is 6.54 Å². The van der Waals surface area contributed by atoms with Crippen molar-refractivity contribution in [2.24, 2.45) is 0 Å². The summed E-state index contributed by atoms with van der Waals surface area (Å²) in [6.45, 7) is -0.0610. The van der Waals surface area contributed by atoms with Crippen molar-refractivity contribution in [3.63, 3.8) is 0 Å². The van der Waals surface area contributed by atoms with Crippen LogP contribution >= 0.6 is 15.9 Å². The predicted molar refractivity (Wildman–Crippen MR) is 69.8 cm³/mol. The van der Waals surface area contributed by atoms with Crippen molar-refractivity contribution in [3.8, 4) is 0 Å². The van der Waals surface area contributed by atoms with E-state index in [0.29, 0.717) is 4.47 Å². The third-order valence-corrected chi connectivity index (χ3v) is 4.02. The van der Waals surface area contributed by atoms with Gasteiger partial charge < -0.3 is 9.84 Å². The van der Waals surface area contributed by atoms with Crippen LogP contribution in [0.2, 0.25) is 0 Å². The Hall–Kier alpha value is -1.52. The Kier molecular flexibility index (Phi) is 4.12. The van der Waals surface area contributed by atoms with Crippen molar-refractivity contribution in [1.82, 2.24) is 19.8 Å². The Morgan fingerprint density at radius 2 is 2.21 bits per heavy atom. The zero-order valence-electron chi connectivity index (χ0n) is 9.79. The van der Waals surface area contributed by atoms with Gasteiger partial charge in [0, 0.05) is 17.7 Å². The summed E-state index contributed by atoms with van der Waals surface area (Å²) in [7, 11) is -2.14. The van der Waals surface area contributed by atoms with E-state index in [-0.39, 0.29) is 23.1 Å². The molecule has 0 unspecified atom stereocenters. The number of hydrogen-bond acceptors (Lipinski definition) is 7. The largest absolute Gasteiger partial charge is 0.372 e. The van der Waals surface area contributed by atoms with E-state index < -0.39 is 10.0 Å². The number of pyridine rings is 1. The van der Waals surface area contributed by atoms with Gasteiger partial charge in [-0.1, -0.05) is 5.16 Å². The van der Waals surface area contributed by atoms with Crippen LogP contribution in [0.25, 0.3) is 0 Å². The Bertz CT molecular complexity index is 658. The van der Waals surface area contributed by atoms with Gasteiger partial charge in [0.2, 0.25) is 16.4 Å². The minimum absolute atomic E-state index is 0.0351. The van der Waals surface area contributed by atoms with Gasteiger partial charge in [-0.15, -0.1) is 0 Å². The number of rotatable bonds is 5. The van der Waals surface area contributed by atoms with E-state index in [4.69, 9.17) is 0 Å². The highest BCUT2D eigenvalue weighted by Crippen LogP contribution is 2.22. The molecule has 10 heteroatoms. The van der Waals surface area contributed by atoms with Crippen LogP contribution in [0, 0.1) is 0 Å². The number of sulfonamides is 1. The van der Waals surface area contributed by atoms with Gasteiger partial charge in [0.1, 0.15) is 10.7 Å². The molecule has 0 amide bonds. The summed E-state index contributed by atoms with van der Waals surface area (Å²) in [6, 6.07) is 1.46. The first-order valence-corrected chi connectivity index (χ1v) is 7.39. The zero-order valence-corrected chi connectivity index (χ0v) is 12.2. The van der Waals surface area contributed by atoms with Crippen molar-refractivity contribution in [2.75, 3.05) is 12.4 Å². The summed E-state index contributed by atoms with van der Waals surface area (Å²) in [5.74, 6) is 0.501. The van der Waals surface area contributed by atoms with E-state index in [9.17, 15) is 8.42 Å². The molecule has 0 spiro atoms. The molecule has 2 heterocycles. The van der Waals surface area contributed by atoms with Gasteiger partial charge in [-0.25, -0.2) is 18.1 Å². The number of nitrogens with zero attached hydrogens (tertiary/aromatic N) is 3. The second kappa shape index (κ2) is 5.63. The summed E-state index contributed by atoms with van der Waals surface area (Å²) >= 11 is 3.19. The average Bonchev–Trinajstić information content (AvgIpc) is 2.89. The number of anilines is 1. The molecule has 0 fully saturated rings. The van der Waals surface area contributed by atoms with E-state index in [1.165, 1.54) is 12.3 Å². The Labute approximate surface area is 117 Å². The minimum Gasteiger partial charge on any atom is -0.372 e. The van der Waals surface area contributed by atoms with Crippen LogP contribution in [-0.2, 0) is 16.6 Å². The predicted octanol–water partition coefficient (Wildman–Crippen LogP) is 0.747. The standard InChI is InChI=1S/C9H10BrN5O3S/c1-11-9-7(2-6(10)3-12-9)19(16,17)14-4-8-13-5-18-15-8/h2-3,5,14H,4H2,1H3,(H,11,12). The van der Waals surface area contributed by atoms with Crippen LogP contribution in [0.4, 0.5) is 5.82 Å². The molecule has 0 aliphatic carbocycles. The van der Waals surface area contributed by atoms with Crippen LogP contribution in [0.5, 0.6) is 0 Å². The van der Waals surface area contributed by atoms with Crippen LogP contribution in [0.15, 0.2) is 32.5 Å². The first-order chi connectivity index (χ1) is 9.03. The SMILES string of the molecule is CNc1ncc(Br)cc1S(=O)(=O)NCc1ncon1. The van der Waals surface area contributed by atoms with Gasteiger partial charge in [-0.3, -0.25) is 0 Å². The monoisotopic (exact) mass is 347 g/mol. The molecule has 2 aromatic heterocycles. The lowest BCUT2D eigenvalue weighted by atomic mass is 10.4. The molecule has 2 aromatic rings. The molecule has 0 radical (unpaired) electrons. The summed E-state index contributed by atoms with van der Waals surface area (Å²) < 4.78 is 31.8. The van der Waals surface area contributed by atoms with Crippen molar-refractivity contribution in [3.05, 3.63) is 29.0 Å². The molecule has 8 nitrogen and oxygen atoms in total. The highest BCUT2D eigenvalue weighted by molar-refractivity contribution is 9.10. The van der Waals surface area contributed by atoms with Gasteiger partial charge >= 0.3 is 0 Å². The summed E-state index contributed by atoms with van der Waals surface area (Å²) in [5.41, 5.74) is 0. The maximum Gasteiger partial charge on any atom is 0.244 e. The maximum absolute atomic E-state index is 12.2. The Morgan fingerprint density at radius 1 is 1.42 bits per heavy atom. The van der Waals surface area contributed by atoms with Gasteiger partial charge in [0.25, 0.3) is 0 Å². The molecule has 0 saturated heterocycles. The van der Waals surface area contributed by atoms with Crippen LogP contribution in [-0.4, -0.2) is 30.6 Å². The molecular weight excluding hydrogens is 338 g/mol. The fourth-order valence-electron chi connectivity index (χ4n) is 1.32. The molecule has 2 rings (SSSR count). The van der Waals surface area contributed by atoms with Gasteiger partial charge in [0.15, 0.2) is 5.82 Å². The van der Waals surface area contributed by atoms with Crippen LogP contribution < -0.4 is 10.0 Å². The lowest BCUT2D eigenvalue weighted by Gasteiger charge is -2.09. The lowest BCUT2D eigenvalue weighted by Crippen LogP contribution is -2.25. The highest BCUT2D eigenvalue weighted by atomic mass is 79.9. The van der Waals surface area contributed by atoms with E-state index in [2.05, 4.69) is 45.6 Å².